The molecule has 4 heterocycles. The number of rotatable bonds is 6. The second-order valence-electron chi connectivity index (χ2n) is 13.1. The number of esters is 1. The van der Waals surface area contributed by atoms with E-state index in [0.29, 0.717) is 12.0 Å². The molecule has 11 nitrogen and oxygen atoms in total. The summed E-state index contributed by atoms with van der Waals surface area (Å²) in [4.78, 5) is 60.0. The van der Waals surface area contributed by atoms with Crippen molar-refractivity contribution >= 4 is 29.4 Å². The number of cyclic esters (lactones) is 1. The first-order chi connectivity index (χ1) is 23.1. The SMILES string of the molecule is COC[C@H]1NC(=O)CC/C=C\[C@H]2O[C@]34C=CCN(c5c(C)cccc5C)C(=O)[C@H]3N([C@H](C)CO)C(=O)[C@@H]4[C@H]2C(=O)O[C@@H]1c1ccccc1. The summed E-state index contributed by atoms with van der Waals surface area (Å²) in [7, 11) is 1.50. The van der Waals surface area contributed by atoms with Crippen molar-refractivity contribution in [2.24, 2.45) is 11.8 Å². The summed E-state index contributed by atoms with van der Waals surface area (Å²) in [6.07, 6.45) is 5.72. The molecule has 0 bridgehead atoms. The van der Waals surface area contributed by atoms with Crippen molar-refractivity contribution in [1.29, 1.82) is 0 Å². The van der Waals surface area contributed by atoms with Crippen LogP contribution in [0.3, 0.4) is 0 Å². The number of allylic oxidation sites excluding steroid dienone is 1. The summed E-state index contributed by atoms with van der Waals surface area (Å²) in [5.74, 6) is -4.00. The molecule has 2 saturated heterocycles. The van der Waals surface area contributed by atoms with Crippen LogP contribution in [-0.2, 0) is 33.4 Å². The molecule has 0 aromatic heterocycles. The van der Waals surface area contributed by atoms with Crippen molar-refractivity contribution in [2.75, 3.05) is 31.8 Å². The molecule has 254 valence electrons. The maximum absolute atomic E-state index is 14.8. The average Bonchev–Trinajstić information content (AvgIpc) is 3.47. The van der Waals surface area contributed by atoms with Crippen molar-refractivity contribution in [1.82, 2.24) is 10.2 Å². The van der Waals surface area contributed by atoms with Gasteiger partial charge in [-0.2, -0.15) is 0 Å². The number of benzene rings is 2. The molecular formula is C37H43N3O8. The van der Waals surface area contributed by atoms with E-state index in [-0.39, 0.29) is 31.4 Å². The summed E-state index contributed by atoms with van der Waals surface area (Å²) in [5.41, 5.74) is 1.66. The number of para-hydroxylation sites is 1. The molecule has 8 atom stereocenters. The average molecular weight is 658 g/mol. The summed E-state index contributed by atoms with van der Waals surface area (Å²) in [6.45, 7) is 5.45. The van der Waals surface area contributed by atoms with Gasteiger partial charge in [0.25, 0.3) is 5.91 Å². The molecular weight excluding hydrogens is 614 g/mol. The standard InChI is InChI=1S/C37H43N3O8/c1-22-12-10-13-23(2)31(22)39-19-11-18-37-30(34(43)40(24(3)20-41)33(37)35(39)44)29-27(48-37)16-8-9-17-28(42)38-26(21-46-4)32(47-36(29)45)25-14-6-5-7-15-25/h5-8,10-16,18,24,26-27,29-30,32-33,41H,9,17,19-21H2,1-4H3,(H,38,42)/b16-8-/t24-,26-,27-,29+,30+,32-,33-,37+/m1/s1. The molecule has 48 heavy (non-hydrogen) atoms. The number of aliphatic hydroxyl groups excluding tert-OH is 1. The first-order valence-electron chi connectivity index (χ1n) is 16.5. The zero-order valence-electron chi connectivity index (χ0n) is 27.7. The third-order valence-corrected chi connectivity index (χ3v) is 9.95. The first-order valence-corrected chi connectivity index (χ1v) is 16.5. The summed E-state index contributed by atoms with van der Waals surface area (Å²) < 4.78 is 18.5. The van der Waals surface area contributed by atoms with Crippen LogP contribution in [0.4, 0.5) is 5.69 Å². The highest BCUT2D eigenvalue weighted by Crippen LogP contribution is 2.54. The lowest BCUT2D eigenvalue weighted by Crippen LogP contribution is -2.58. The van der Waals surface area contributed by atoms with Crippen LogP contribution in [-0.4, -0.2) is 90.4 Å². The van der Waals surface area contributed by atoms with Gasteiger partial charge in [-0.15, -0.1) is 0 Å². The second-order valence-corrected chi connectivity index (χ2v) is 13.1. The van der Waals surface area contributed by atoms with E-state index in [4.69, 9.17) is 14.2 Å². The summed E-state index contributed by atoms with van der Waals surface area (Å²) in [5, 5.41) is 13.3. The summed E-state index contributed by atoms with van der Waals surface area (Å²) in [6, 6.07) is 12.3. The molecule has 3 amide bonds. The third kappa shape index (κ3) is 5.73. The first kappa shape index (κ1) is 33.6. The van der Waals surface area contributed by atoms with Gasteiger partial charge in [0.2, 0.25) is 11.8 Å². The number of hydrogen-bond acceptors (Lipinski definition) is 8. The van der Waals surface area contributed by atoms with Crippen molar-refractivity contribution in [2.45, 2.75) is 69.5 Å². The van der Waals surface area contributed by atoms with Crippen LogP contribution in [0.2, 0.25) is 0 Å². The predicted molar refractivity (Wildman–Crippen MR) is 177 cm³/mol. The zero-order chi connectivity index (χ0) is 34.2. The number of carbonyl (C=O) groups is 4. The number of likely N-dealkylation sites (tertiary alicyclic amines) is 1. The number of nitrogens with one attached hydrogen (secondary N) is 1. The number of amides is 3. The highest BCUT2D eigenvalue weighted by atomic mass is 16.6. The van der Waals surface area contributed by atoms with E-state index in [1.807, 2.05) is 56.3 Å². The molecule has 2 fully saturated rings. The number of nitrogens with zero attached hydrogens (tertiary/aromatic N) is 2. The van der Waals surface area contributed by atoms with Gasteiger partial charge >= 0.3 is 5.97 Å². The molecule has 2 aromatic carbocycles. The van der Waals surface area contributed by atoms with Gasteiger partial charge in [0.15, 0.2) is 0 Å². The lowest BCUT2D eigenvalue weighted by molar-refractivity contribution is -0.162. The predicted octanol–water partition coefficient (Wildman–Crippen LogP) is 2.93. The van der Waals surface area contributed by atoms with Gasteiger partial charge in [0, 0.05) is 25.8 Å². The maximum atomic E-state index is 14.8. The molecule has 0 saturated carbocycles. The van der Waals surface area contributed by atoms with E-state index in [1.54, 1.807) is 42.2 Å². The molecule has 0 unspecified atom stereocenters. The molecule has 11 heteroatoms. The van der Waals surface area contributed by atoms with Gasteiger partial charge in [-0.05, 0) is 43.9 Å². The van der Waals surface area contributed by atoms with Gasteiger partial charge in [-0.25, -0.2) is 0 Å². The Bertz CT molecular complexity index is 1610. The number of fused-ring (bicyclic) bond motifs is 2. The van der Waals surface area contributed by atoms with E-state index in [0.717, 1.165) is 16.8 Å². The lowest BCUT2D eigenvalue weighted by Gasteiger charge is -2.38. The van der Waals surface area contributed by atoms with Crippen LogP contribution < -0.4 is 10.2 Å². The number of ether oxygens (including phenoxy) is 3. The Morgan fingerprint density at radius 1 is 1.02 bits per heavy atom. The fourth-order valence-electron chi connectivity index (χ4n) is 7.82. The van der Waals surface area contributed by atoms with Gasteiger partial charge in [-0.3, -0.25) is 19.2 Å². The van der Waals surface area contributed by atoms with Crippen LogP contribution in [0.25, 0.3) is 0 Å². The zero-order valence-corrected chi connectivity index (χ0v) is 27.7. The minimum Gasteiger partial charge on any atom is -0.455 e. The Balaban J connectivity index is 1.47. The second kappa shape index (κ2) is 13.7. The van der Waals surface area contributed by atoms with Crippen molar-refractivity contribution < 1.29 is 38.5 Å². The number of hydrogen-bond donors (Lipinski definition) is 2. The molecule has 0 aliphatic carbocycles. The van der Waals surface area contributed by atoms with E-state index in [9.17, 15) is 24.3 Å². The third-order valence-electron chi connectivity index (χ3n) is 9.95. The molecule has 2 aromatic rings. The number of aliphatic hydroxyl groups is 1. The van der Waals surface area contributed by atoms with E-state index >= 15 is 0 Å². The van der Waals surface area contributed by atoms with E-state index < -0.39 is 66.3 Å². The van der Waals surface area contributed by atoms with Crippen LogP contribution in [0.15, 0.2) is 72.8 Å². The highest BCUT2D eigenvalue weighted by molar-refractivity contribution is 6.06. The minimum absolute atomic E-state index is 0.0700. The van der Waals surface area contributed by atoms with Crippen LogP contribution in [0.1, 0.15) is 42.6 Å². The Hall–Kier alpha value is -4.32. The van der Waals surface area contributed by atoms with Gasteiger partial charge in [0.1, 0.15) is 23.7 Å². The van der Waals surface area contributed by atoms with Crippen molar-refractivity contribution in [3.05, 3.63) is 89.5 Å². The van der Waals surface area contributed by atoms with Gasteiger partial charge in [-0.1, -0.05) is 72.8 Å². The number of anilines is 1. The van der Waals surface area contributed by atoms with Gasteiger partial charge in [0.05, 0.1) is 37.3 Å². The fourth-order valence-corrected chi connectivity index (χ4v) is 7.82. The highest BCUT2D eigenvalue weighted by Gasteiger charge is 2.72. The smallest absolute Gasteiger partial charge is 0.313 e. The molecule has 0 radical (unpaired) electrons. The minimum atomic E-state index is -1.52. The molecule has 4 aliphatic rings. The van der Waals surface area contributed by atoms with Gasteiger partial charge < -0.3 is 34.4 Å². The number of methoxy groups -OCH3 is 1. The molecule has 2 N–H and O–H groups in total. The maximum Gasteiger partial charge on any atom is 0.313 e. The van der Waals surface area contributed by atoms with Crippen LogP contribution >= 0.6 is 0 Å². The fraction of sp³-hybridized carbons (Fsp3) is 0.459. The number of aryl methyl sites for hydroxylation is 2. The van der Waals surface area contributed by atoms with Crippen LogP contribution in [0, 0.1) is 25.7 Å². The van der Waals surface area contributed by atoms with Crippen molar-refractivity contribution in [3.63, 3.8) is 0 Å². The topological polar surface area (TPSA) is 135 Å². The Morgan fingerprint density at radius 3 is 2.44 bits per heavy atom. The lowest BCUT2D eigenvalue weighted by atomic mass is 9.77. The normalized spacial score (nSPS) is 31.9. The Morgan fingerprint density at radius 2 is 1.75 bits per heavy atom. The molecule has 1 spiro atoms. The summed E-state index contributed by atoms with van der Waals surface area (Å²) >= 11 is 0. The monoisotopic (exact) mass is 657 g/mol. The number of carbonyl (C=O) groups excluding carboxylic acids is 4. The van der Waals surface area contributed by atoms with E-state index in [2.05, 4.69) is 5.32 Å². The quantitative estimate of drug-likeness (QED) is 0.358. The molecule has 4 aliphatic heterocycles. The van der Waals surface area contributed by atoms with Crippen LogP contribution in [0.5, 0.6) is 0 Å². The Kier molecular flexibility index (Phi) is 9.55. The molecule has 6 rings (SSSR count). The van der Waals surface area contributed by atoms with E-state index in [1.165, 1.54) is 12.0 Å². The van der Waals surface area contributed by atoms with Crippen molar-refractivity contribution in [3.8, 4) is 0 Å². The Labute approximate surface area is 280 Å². The largest absolute Gasteiger partial charge is 0.455 e.